The Morgan fingerprint density at radius 1 is 0.429 bits per heavy atom. The molecule has 0 saturated carbocycles. The summed E-state index contributed by atoms with van der Waals surface area (Å²) in [6.07, 6.45) is 0. The Labute approximate surface area is 152 Å². The van der Waals surface area contributed by atoms with Gasteiger partial charge in [-0.25, -0.2) is 39.5 Å². The third-order valence-corrected chi connectivity index (χ3v) is 4.00. The number of halogens is 9. The van der Waals surface area contributed by atoms with Crippen molar-refractivity contribution in [2.45, 2.75) is 0 Å². The monoisotopic (exact) mass is 404 g/mol. The van der Waals surface area contributed by atoms with Crippen LogP contribution >= 0.6 is 0 Å². The molecule has 0 aromatic heterocycles. The van der Waals surface area contributed by atoms with Crippen LogP contribution in [0.3, 0.4) is 0 Å². The van der Waals surface area contributed by atoms with Gasteiger partial charge in [0.2, 0.25) is 0 Å². The lowest BCUT2D eigenvalue weighted by atomic mass is 9.36. The molecule has 0 fully saturated rings. The van der Waals surface area contributed by atoms with Gasteiger partial charge in [0, 0.05) is 29.7 Å². The molecule has 3 aromatic rings. The fraction of sp³-hybridized carbons (Fsp3) is 0. The molecule has 0 unspecified atom stereocenters. The van der Waals surface area contributed by atoms with Gasteiger partial charge in [-0.2, -0.15) is 0 Å². The Bertz CT molecular complexity index is 1000. The van der Waals surface area contributed by atoms with E-state index in [1.54, 1.807) is 0 Å². The van der Waals surface area contributed by atoms with Crippen LogP contribution in [0.2, 0.25) is 0 Å². The maximum atomic E-state index is 14.3. The predicted molar refractivity (Wildman–Crippen MR) is 83.6 cm³/mol. The Morgan fingerprint density at radius 2 is 0.750 bits per heavy atom. The van der Waals surface area contributed by atoms with Crippen LogP contribution < -0.4 is 16.4 Å². The maximum Gasteiger partial charge on any atom is 0.257 e. The molecule has 10 heteroatoms. The van der Waals surface area contributed by atoms with Gasteiger partial charge in [0.15, 0.2) is 23.3 Å². The third-order valence-electron chi connectivity index (χ3n) is 4.00. The number of hydrogen-bond donors (Lipinski definition) is 0. The summed E-state index contributed by atoms with van der Waals surface area (Å²) in [6, 6.07) is 1.08. The lowest BCUT2D eigenvalue weighted by Crippen LogP contribution is -2.57. The van der Waals surface area contributed by atoms with E-state index in [2.05, 4.69) is 0 Å². The summed E-state index contributed by atoms with van der Waals surface area (Å²) >= 11 is 0. The molecule has 0 heterocycles. The SMILES string of the molecule is Fc1cc(F)c(B(c2cc(F)cc(F)c2F)c2cc(F)cc(F)c2F)c(F)c1. The molecule has 144 valence electrons. The van der Waals surface area contributed by atoms with E-state index < -0.39 is 75.5 Å². The summed E-state index contributed by atoms with van der Waals surface area (Å²) < 4.78 is 125. The van der Waals surface area contributed by atoms with Gasteiger partial charge in [0.25, 0.3) is 6.71 Å². The second-order valence-electron chi connectivity index (χ2n) is 5.80. The summed E-state index contributed by atoms with van der Waals surface area (Å²) in [4.78, 5) is 0. The largest absolute Gasteiger partial charge is 0.257 e. The van der Waals surface area contributed by atoms with Gasteiger partial charge in [-0.15, -0.1) is 0 Å². The smallest absolute Gasteiger partial charge is 0.207 e. The van der Waals surface area contributed by atoms with Crippen molar-refractivity contribution in [1.29, 1.82) is 0 Å². The molecule has 0 N–H and O–H groups in total. The molecule has 0 aliphatic rings. The summed E-state index contributed by atoms with van der Waals surface area (Å²) in [5.74, 6) is -14.8. The second kappa shape index (κ2) is 7.25. The molecule has 3 aromatic carbocycles. The van der Waals surface area contributed by atoms with Crippen molar-refractivity contribution in [3.05, 3.63) is 88.8 Å². The van der Waals surface area contributed by atoms with E-state index in [0.29, 0.717) is 0 Å². The summed E-state index contributed by atoms with van der Waals surface area (Å²) in [7, 11) is 0. The first-order chi connectivity index (χ1) is 13.1. The zero-order valence-electron chi connectivity index (χ0n) is 13.4. The van der Waals surface area contributed by atoms with Crippen LogP contribution in [0, 0.1) is 52.4 Å². The van der Waals surface area contributed by atoms with Gasteiger partial charge in [-0.05, 0) is 23.1 Å². The summed E-state index contributed by atoms with van der Waals surface area (Å²) in [5, 5.41) is 0. The Balaban J connectivity index is 2.44. The summed E-state index contributed by atoms with van der Waals surface area (Å²) in [6.45, 7) is -2.36. The fourth-order valence-electron chi connectivity index (χ4n) is 2.88. The average Bonchev–Trinajstić information content (AvgIpc) is 2.58. The highest BCUT2D eigenvalue weighted by Gasteiger charge is 2.35. The minimum Gasteiger partial charge on any atom is -0.207 e. The molecule has 0 aliphatic heterocycles. The van der Waals surface area contributed by atoms with Crippen LogP contribution in [-0.4, -0.2) is 6.71 Å². The molecular formula is C18H6BF9. The van der Waals surface area contributed by atoms with Crippen LogP contribution in [0.25, 0.3) is 0 Å². The predicted octanol–water partition coefficient (Wildman–Crippen LogP) is 3.45. The van der Waals surface area contributed by atoms with Gasteiger partial charge in [0.1, 0.15) is 29.1 Å². The number of hydrogen-bond acceptors (Lipinski definition) is 0. The van der Waals surface area contributed by atoms with Gasteiger partial charge in [-0.1, -0.05) is 0 Å². The molecule has 0 radical (unpaired) electrons. The molecule has 0 aliphatic carbocycles. The van der Waals surface area contributed by atoms with Crippen molar-refractivity contribution < 1.29 is 39.5 Å². The fourth-order valence-corrected chi connectivity index (χ4v) is 2.88. The molecule has 0 saturated heterocycles. The van der Waals surface area contributed by atoms with Gasteiger partial charge in [0.05, 0.1) is 0 Å². The van der Waals surface area contributed by atoms with Crippen LogP contribution in [0.4, 0.5) is 39.5 Å². The van der Waals surface area contributed by atoms with E-state index in [4.69, 9.17) is 0 Å². The molecule has 0 bridgehead atoms. The highest BCUT2D eigenvalue weighted by atomic mass is 19.2. The maximum absolute atomic E-state index is 14.3. The van der Waals surface area contributed by atoms with Crippen LogP contribution in [0.1, 0.15) is 0 Å². The lowest BCUT2D eigenvalue weighted by Gasteiger charge is -2.19. The van der Waals surface area contributed by atoms with Gasteiger partial charge < -0.3 is 0 Å². The quantitative estimate of drug-likeness (QED) is 0.357. The highest BCUT2D eigenvalue weighted by Crippen LogP contribution is 2.14. The van der Waals surface area contributed by atoms with Crippen LogP contribution in [0.5, 0.6) is 0 Å². The second-order valence-corrected chi connectivity index (χ2v) is 5.80. The normalized spacial score (nSPS) is 11.0. The number of rotatable bonds is 3. The first kappa shape index (κ1) is 19.8. The van der Waals surface area contributed by atoms with Crippen molar-refractivity contribution in [2.24, 2.45) is 0 Å². The van der Waals surface area contributed by atoms with Crippen LogP contribution in [-0.2, 0) is 0 Å². The van der Waals surface area contributed by atoms with E-state index in [0.717, 1.165) is 0 Å². The zero-order valence-corrected chi connectivity index (χ0v) is 13.4. The van der Waals surface area contributed by atoms with Crippen molar-refractivity contribution in [3.63, 3.8) is 0 Å². The van der Waals surface area contributed by atoms with E-state index >= 15 is 0 Å². The van der Waals surface area contributed by atoms with Crippen molar-refractivity contribution in [1.82, 2.24) is 0 Å². The first-order valence-corrected chi connectivity index (χ1v) is 7.53. The molecule has 0 amide bonds. The zero-order chi connectivity index (χ0) is 20.7. The Hall–Kier alpha value is -2.91. The van der Waals surface area contributed by atoms with E-state index in [-0.39, 0.29) is 36.4 Å². The van der Waals surface area contributed by atoms with Gasteiger partial charge in [-0.3, -0.25) is 0 Å². The summed E-state index contributed by atoms with van der Waals surface area (Å²) in [5.41, 5.74) is -3.55. The van der Waals surface area contributed by atoms with E-state index in [1.807, 2.05) is 0 Å². The van der Waals surface area contributed by atoms with Crippen LogP contribution in [0.15, 0.2) is 36.4 Å². The Kier molecular flexibility index (Phi) is 5.14. The molecular weight excluding hydrogens is 398 g/mol. The minimum atomic E-state index is -2.36. The molecule has 28 heavy (non-hydrogen) atoms. The standard InChI is InChI=1S/C18H6BF9/c20-7-1-10(17(27)14(25)5-7)19(11-2-8(21)6-15(26)18(11)28)16-12(23)3-9(22)4-13(16)24/h1-6H. The molecule has 0 nitrogen and oxygen atoms in total. The highest BCUT2D eigenvalue weighted by molar-refractivity contribution is 6.95. The van der Waals surface area contributed by atoms with Crippen molar-refractivity contribution in [3.8, 4) is 0 Å². The molecule has 3 rings (SSSR count). The van der Waals surface area contributed by atoms with E-state index in [1.165, 1.54) is 0 Å². The first-order valence-electron chi connectivity index (χ1n) is 7.53. The van der Waals surface area contributed by atoms with E-state index in [9.17, 15) is 39.5 Å². The average molecular weight is 404 g/mol. The molecule has 0 atom stereocenters. The number of benzene rings is 3. The Morgan fingerprint density at radius 3 is 1.14 bits per heavy atom. The minimum absolute atomic E-state index is 0.107. The van der Waals surface area contributed by atoms with Gasteiger partial charge >= 0.3 is 0 Å². The van der Waals surface area contributed by atoms with Crippen molar-refractivity contribution >= 4 is 23.1 Å². The topological polar surface area (TPSA) is 0 Å². The third kappa shape index (κ3) is 3.46. The lowest BCUT2D eigenvalue weighted by molar-refractivity contribution is 0.498. The van der Waals surface area contributed by atoms with Crippen molar-refractivity contribution in [2.75, 3.05) is 0 Å². The molecule has 0 spiro atoms.